The lowest BCUT2D eigenvalue weighted by molar-refractivity contribution is 0.0600. The quantitative estimate of drug-likeness (QED) is 0.210. The maximum Gasteiger partial charge on any atom is 0.337 e. The number of para-hydroxylation sites is 1. The summed E-state index contributed by atoms with van der Waals surface area (Å²) in [6.07, 6.45) is 0. The lowest BCUT2D eigenvalue weighted by atomic mass is 10.1. The number of rotatable bonds is 11. The Hall–Kier alpha value is -3.62. The van der Waals surface area contributed by atoms with Gasteiger partial charge in [0, 0.05) is 25.0 Å². The summed E-state index contributed by atoms with van der Waals surface area (Å²) in [6, 6.07) is 25.5. The van der Waals surface area contributed by atoms with Gasteiger partial charge in [-0.25, -0.2) is 4.79 Å². The van der Waals surface area contributed by atoms with Crippen LogP contribution in [0.2, 0.25) is 0 Å². The number of carbonyl (C=O) groups is 1. The van der Waals surface area contributed by atoms with Crippen LogP contribution in [-0.2, 0) is 28.4 Å². The van der Waals surface area contributed by atoms with E-state index in [9.17, 15) is 4.79 Å². The van der Waals surface area contributed by atoms with Crippen LogP contribution < -0.4 is 4.74 Å². The largest absolute Gasteiger partial charge is 0.485 e. The van der Waals surface area contributed by atoms with E-state index in [1.807, 2.05) is 59.2 Å². The van der Waals surface area contributed by atoms with Gasteiger partial charge in [0.2, 0.25) is 0 Å². The minimum atomic E-state index is -0.345. The van der Waals surface area contributed by atoms with E-state index in [0.29, 0.717) is 24.5 Å². The number of benzene rings is 3. The number of ether oxygens (including phenoxy) is 3. The fourth-order valence-electron chi connectivity index (χ4n) is 3.53. The molecule has 4 aromatic rings. The Labute approximate surface area is 209 Å². The van der Waals surface area contributed by atoms with Crippen molar-refractivity contribution in [2.24, 2.45) is 0 Å². The van der Waals surface area contributed by atoms with Gasteiger partial charge in [0.1, 0.15) is 12.4 Å². The summed E-state index contributed by atoms with van der Waals surface area (Å²) in [4.78, 5) is 11.6. The summed E-state index contributed by atoms with van der Waals surface area (Å²) in [6.45, 7) is 1.44. The minimum absolute atomic E-state index is 0.287. The van der Waals surface area contributed by atoms with E-state index >= 15 is 0 Å². The molecule has 1 heterocycles. The number of hydrogen-bond acceptors (Lipinski definition) is 7. The predicted octanol–water partition coefficient (Wildman–Crippen LogP) is 5.25. The molecule has 0 amide bonds. The smallest absolute Gasteiger partial charge is 0.337 e. The first-order valence-corrected chi connectivity index (χ1v) is 12.2. The van der Waals surface area contributed by atoms with E-state index in [4.69, 9.17) is 14.2 Å². The molecule has 7 nitrogen and oxygen atoms in total. The van der Waals surface area contributed by atoms with E-state index in [-0.39, 0.29) is 12.6 Å². The summed E-state index contributed by atoms with van der Waals surface area (Å²) in [5.41, 5.74) is 3.72. The average molecular weight is 490 g/mol. The SMILES string of the molecule is COCCn1c(COc2ccccc2-c2ccccc2)nnc1SCc1ccc(C(=O)OC)cc1. The highest BCUT2D eigenvalue weighted by molar-refractivity contribution is 7.98. The lowest BCUT2D eigenvalue weighted by Gasteiger charge is -2.13. The van der Waals surface area contributed by atoms with Crippen LogP contribution in [0.4, 0.5) is 0 Å². The van der Waals surface area contributed by atoms with Gasteiger partial charge < -0.3 is 18.8 Å². The number of aromatic nitrogens is 3. The first-order chi connectivity index (χ1) is 17.2. The number of nitrogens with zero attached hydrogens (tertiary/aromatic N) is 3. The van der Waals surface area contributed by atoms with Crippen LogP contribution in [0.25, 0.3) is 11.1 Å². The van der Waals surface area contributed by atoms with Crippen LogP contribution in [0.1, 0.15) is 21.7 Å². The molecule has 3 aromatic carbocycles. The standard InChI is InChI=1S/C27H27N3O4S/c1-32-17-16-30-25(18-34-24-11-7-6-10-23(24)21-8-4-3-5-9-21)28-29-27(30)35-19-20-12-14-22(15-13-20)26(31)33-2/h3-15H,16-19H2,1-2H3. The van der Waals surface area contributed by atoms with Crippen molar-refractivity contribution in [1.82, 2.24) is 14.8 Å². The van der Waals surface area contributed by atoms with Gasteiger partial charge in [-0.05, 0) is 29.3 Å². The van der Waals surface area contributed by atoms with E-state index in [1.165, 1.54) is 7.11 Å². The normalized spacial score (nSPS) is 10.8. The molecule has 0 fully saturated rings. The Balaban J connectivity index is 1.47. The van der Waals surface area contributed by atoms with Crippen molar-refractivity contribution >= 4 is 17.7 Å². The van der Waals surface area contributed by atoms with Gasteiger partial charge in [-0.3, -0.25) is 0 Å². The number of carbonyl (C=O) groups excluding carboxylic acids is 1. The summed E-state index contributed by atoms with van der Waals surface area (Å²) in [7, 11) is 3.05. The average Bonchev–Trinajstić information content (AvgIpc) is 3.31. The molecule has 180 valence electrons. The highest BCUT2D eigenvalue weighted by atomic mass is 32.2. The maximum absolute atomic E-state index is 11.6. The zero-order valence-corrected chi connectivity index (χ0v) is 20.5. The highest BCUT2D eigenvalue weighted by Crippen LogP contribution is 2.30. The summed E-state index contributed by atoms with van der Waals surface area (Å²) in [5, 5.41) is 9.59. The second-order valence-electron chi connectivity index (χ2n) is 7.67. The van der Waals surface area contributed by atoms with E-state index in [0.717, 1.165) is 33.4 Å². The van der Waals surface area contributed by atoms with Gasteiger partial charge in [0.25, 0.3) is 0 Å². The number of hydrogen-bond donors (Lipinski definition) is 0. The number of esters is 1. The molecule has 0 atom stereocenters. The third kappa shape index (κ3) is 6.29. The molecule has 0 aliphatic carbocycles. The number of methoxy groups -OCH3 is 2. The van der Waals surface area contributed by atoms with Crippen LogP contribution in [0, 0.1) is 0 Å². The Kier molecular flexibility index (Phi) is 8.53. The molecule has 0 N–H and O–H groups in total. The van der Waals surface area contributed by atoms with Crippen molar-refractivity contribution in [3.63, 3.8) is 0 Å². The van der Waals surface area contributed by atoms with Crippen LogP contribution >= 0.6 is 11.8 Å². The Morgan fingerprint density at radius 3 is 2.40 bits per heavy atom. The molecule has 35 heavy (non-hydrogen) atoms. The lowest BCUT2D eigenvalue weighted by Crippen LogP contribution is -2.12. The second-order valence-corrected chi connectivity index (χ2v) is 8.61. The van der Waals surface area contributed by atoms with Gasteiger partial charge in [-0.15, -0.1) is 10.2 Å². The second kappa shape index (κ2) is 12.2. The van der Waals surface area contributed by atoms with Crippen molar-refractivity contribution in [2.45, 2.75) is 24.1 Å². The van der Waals surface area contributed by atoms with E-state index < -0.39 is 0 Å². The maximum atomic E-state index is 11.6. The zero-order valence-electron chi connectivity index (χ0n) is 19.7. The third-order valence-electron chi connectivity index (χ3n) is 5.38. The summed E-state index contributed by atoms with van der Waals surface area (Å²) in [5.74, 6) is 1.86. The Bertz CT molecular complexity index is 1240. The van der Waals surface area contributed by atoms with Crippen LogP contribution in [0.15, 0.2) is 84.0 Å². The van der Waals surface area contributed by atoms with Gasteiger partial charge in [-0.1, -0.05) is 72.4 Å². The first-order valence-electron chi connectivity index (χ1n) is 11.2. The minimum Gasteiger partial charge on any atom is -0.485 e. The van der Waals surface area contributed by atoms with Crippen LogP contribution in [0.3, 0.4) is 0 Å². The van der Waals surface area contributed by atoms with Gasteiger partial charge in [-0.2, -0.15) is 0 Å². The Morgan fingerprint density at radius 2 is 1.66 bits per heavy atom. The first kappa shape index (κ1) is 24.5. The third-order valence-corrected chi connectivity index (χ3v) is 6.42. The molecule has 0 saturated heterocycles. The van der Waals surface area contributed by atoms with Crippen LogP contribution in [0.5, 0.6) is 5.75 Å². The molecule has 0 spiro atoms. The fraction of sp³-hybridized carbons (Fsp3) is 0.222. The molecule has 1 aromatic heterocycles. The van der Waals surface area contributed by atoms with Gasteiger partial charge in [0.05, 0.1) is 19.3 Å². The number of thioether (sulfide) groups is 1. The molecular formula is C27H27N3O4S. The van der Waals surface area contributed by atoms with Gasteiger partial charge >= 0.3 is 5.97 Å². The molecule has 0 aliphatic rings. The van der Waals surface area contributed by atoms with Crippen molar-refractivity contribution < 1.29 is 19.0 Å². The van der Waals surface area contributed by atoms with Crippen molar-refractivity contribution in [1.29, 1.82) is 0 Å². The molecule has 0 aliphatic heterocycles. The summed E-state index contributed by atoms with van der Waals surface area (Å²) >= 11 is 1.58. The predicted molar refractivity (Wildman–Crippen MR) is 135 cm³/mol. The Morgan fingerprint density at radius 1 is 0.914 bits per heavy atom. The van der Waals surface area contributed by atoms with E-state index in [1.54, 1.807) is 31.0 Å². The molecule has 0 radical (unpaired) electrons. The van der Waals surface area contributed by atoms with Crippen molar-refractivity contribution in [3.05, 3.63) is 95.8 Å². The molecular weight excluding hydrogens is 462 g/mol. The highest BCUT2D eigenvalue weighted by Gasteiger charge is 2.15. The molecule has 0 unspecified atom stereocenters. The van der Waals surface area contributed by atoms with E-state index in [2.05, 4.69) is 22.3 Å². The topological polar surface area (TPSA) is 75.5 Å². The van der Waals surface area contributed by atoms with Crippen LogP contribution in [-0.4, -0.2) is 41.6 Å². The molecule has 0 bridgehead atoms. The fourth-order valence-corrected chi connectivity index (χ4v) is 4.47. The van der Waals surface area contributed by atoms with Gasteiger partial charge in [0.15, 0.2) is 11.0 Å². The molecule has 8 heteroatoms. The molecule has 4 rings (SSSR count). The van der Waals surface area contributed by atoms with Crippen molar-refractivity contribution in [3.8, 4) is 16.9 Å². The molecule has 0 saturated carbocycles. The monoisotopic (exact) mass is 489 g/mol. The zero-order chi connectivity index (χ0) is 24.5. The van der Waals surface area contributed by atoms with Crippen molar-refractivity contribution in [2.75, 3.05) is 20.8 Å². The summed E-state index contributed by atoms with van der Waals surface area (Å²) < 4.78 is 18.3.